The lowest BCUT2D eigenvalue weighted by Gasteiger charge is -2.18. The Kier molecular flexibility index (Phi) is 6.05. The highest BCUT2D eigenvalue weighted by molar-refractivity contribution is 9.10. The normalized spacial score (nSPS) is 18.3. The number of amides is 2. The van der Waals surface area contributed by atoms with Crippen LogP contribution in [0, 0.1) is 11.3 Å². The van der Waals surface area contributed by atoms with Gasteiger partial charge in [-0.3, -0.25) is 14.5 Å². The van der Waals surface area contributed by atoms with Crippen LogP contribution >= 0.6 is 43.6 Å². The zero-order valence-electron chi connectivity index (χ0n) is 13.9. The molecule has 2 N–H and O–H groups in total. The molecule has 5 nitrogen and oxygen atoms in total. The van der Waals surface area contributed by atoms with Gasteiger partial charge in [-0.25, -0.2) is 0 Å². The molecular formula is C19H13Br2N3O2S. The minimum atomic E-state index is -0.849. The molecule has 1 aliphatic rings. The molecule has 1 saturated heterocycles. The summed E-state index contributed by atoms with van der Waals surface area (Å²) in [6.07, 6.45) is 0.469. The minimum absolute atomic E-state index is 0.189. The maximum Gasteiger partial charge on any atom is 0.262 e. The summed E-state index contributed by atoms with van der Waals surface area (Å²) in [4.78, 5) is 26.3. The molecule has 0 spiro atoms. The number of halogens is 2. The molecule has 0 unspecified atom stereocenters. The number of primary amides is 1. The Morgan fingerprint density at radius 3 is 2.48 bits per heavy atom. The number of hydrogen-bond donors (Lipinski definition) is 1. The second kappa shape index (κ2) is 8.30. The average Bonchev–Trinajstić information content (AvgIpc) is 2.92. The number of nitrogens with two attached hydrogens (primary N) is 1. The predicted octanol–water partition coefficient (Wildman–Crippen LogP) is 4.12. The number of anilines is 1. The van der Waals surface area contributed by atoms with Crippen molar-refractivity contribution in [1.82, 2.24) is 0 Å². The Morgan fingerprint density at radius 1 is 1.19 bits per heavy atom. The molecule has 1 fully saturated rings. The topological polar surface area (TPSA) is 87.2 Å². The second-order valence-electron chi connectivity index (χ2n) is 5.75. The van der Waals surface area contributed by atoms with Gasteiger partial charge in [0.05, 0.1) is 5.25 Å². The summed E-state index contributed by atoms with van der Waals surface area (Å²) in [5, 5.41) is 9.21. The lowest BCUT2D eigenvalue weighted by Crippen LogP contribution is -2.31. The number of benzene rings is 2. The molecule has 8 heteroatoms. The van der Waals surface area contributed by atoms with Gasteiger partial charge in [0.25, 0.3) is 5.91 Å². The third-order valence-electron chi connectivity index (χ3n) is 3.92. The van der Waals surface area contributed by atoms with E-state index in [1.165, 1.54) is 16.7 Å². The van der Waals surface area contributed by atoms with Crippen LogP contribution in [0.1, 0.15) is 5.56 Å². The zero-order chi connectivity index (χ0) is 19.6. The fraction of sp³-hybridized carbons (Fsp3) is 0.105. The number of thioether (sulfide) groups is 1. The maximum absolute atomic E-state index is 13.1. The number of nitrogens with zero attached hydrogens (tertiary/aromatic N) is 2. The SMILES string of the molecule is N#C/C(C(N)=O)=C1/S[C@H](Cc2cccc(Br)c2)C(=O)N1c1ccc(Br)cc1. The number of rotatable bonds is 4. The monoisotopic (exact) mass is 505 g/mol. The van der Waals surface area contributed by atoms with Gasteiger partial charge in [0.1, 0.15) is 16.7 Å². The van der Waals surface area contributed by atoms with Crippen LogP contribution in [0.15, 0.2) is 68.1 Å². The lowest BCUT2D eigenvalue weighted by molar-refractivity contribution is -0.117. The van der Waals surface area contributed by atoms with E-state index in [1.807, 2.05) is 30.3 Å². The standard InChI is InChI=1S/C19H13Br2N3O2S/c20-12-4-6-14(7-5-12)24-18(26)16(9-11-2-1-3-13(21)8-11)27-19(24)15(10-22)17(23)25/h1-8,16H,9H2,(H2,23,25)/b19-15-/t16-/m1/s1. The average molecular weight is 507 g/mol. The van der Waals surface area contributed by atoms with Crippen LogP contribution in [0.25, 0.3) is 0 Å². The lowest BCUT2D eigenvalue weighted by atomic mass is 10.1. The Balaban J connectivity index is 2.03. The molecule has 2 aromatic carbocycles. The largest absolute Gasteiger partial charge is 0.365 e. The molecule has 0 aromatic heterocycles. The first kappa shape index (κ1) is 19.7. The van der Waals surface area contributed by atoms with Crippen LogP contribution in [-0.2, 0) is 16.0 Å². The van der Waals surface area contributed by atoms with Gasteiger partial charge in [0, 0.05) is 14.6 Å². The molecule has 0 saturated carbocycles. The van der Waals surface area contributed by atoms with Gasteiger partial charge < -0.3 is 5.73 Å². The fourth-order valence-corrected chi connectivity index (χ4v) is 4.73. The third-order valence-corrected chi connectivity index (χ3v) is 6.20. The quantitative estimate of drug-likeness (QED) is 0.499. The van der Waals surface area contributed by atoms with Crippen molar-refractivity contribution in [2.75, 3.05) is 4.90 Å². The van der Waals surface area contributed by atoms with Crippen molar-refractivity contribution < 1.29 is 9.59 Å². The molecule has 3 rings (SSSR count). The van der Waals surface area contributed by atoms with Gasteiger partial charge in [-0.1, -0.05) is 55.8 Å². The zero-order valence-corrected chi connectivity index (χ0v) is 17.8. The second-order valence-corrected chi connectivity index (χ2v) is 8.77. The van der Waals surface area contributed by atoms with E-state index in [9.17, 15) is 14.9 Å². The first-order chi connectivity index (χ1) is 12.9. The molecule has 1 atom stereocenters. The number of carbonyl (C=O) groups excluding carboxylic acids is 2. The highest BCUT2D eigenvalue weighted by Crippen LogP contribution is 2.42. The Morgan fingerprint density at radius 2 is 1.89 bits per heavy atom. The third kappa shape index (κ3) is 4.26. The molecule has 1 heterocycles. The molecular weight excluding hydrogens is 494 g/mol. The molecule has 2 aromatic rings. The van der Waals surface area contributed by atoms with Gasteiger partial charge >= 0.3 is 0 Å². The summed E-state index contributed by atoms with van der Waals surface area (Å²) in [6.45, 7) is 0. The minimum Gasteiger partial charge on any atom is -0.365 e. The number of carbonyl (C=O) groups is 2. The van der Waals surface area contributed by atoms with E-state index in [-0.39, 0.29) is 16.5 Å². The van der Waals surface area contributed by atoms with Crippen molar-refractivity contribution in [3.63, 3.8) is 0 Å². The van der Waals surface area contributed by atoms with Crippen LogP contribution in [0.4, 0.5) is 5.69 Å². The number of nitriles is 1. The van der Waals surface area contributed by atoms with E-state index in [0.717, 1.165) is 14.5 Å². The van der Waals surface area contributed by atoms with Gasteiger partial charge in [0.15, 0.2) is 0 Å². The van der Waals surface area contributed by atoms with Crippen LogP contribution in [0.2, 0.25) is 0 Å². The fourth-order valence-electron chi connectivity index (χ4n) is 2.70. The molecule has 0 radical (unpaired) electrons. The Labute approximate surface area is 177 Å². The molecule has 0 bridgehead atoms. The summed E-state index contributed by atoms with van der Waals surface area (Å²) >= 11 is 7.98. The summed E-state index contributed by atoms with van der Waals surface area (Å²) < 4.78 is 1.78. The van der Waals surface area contributed by atoms with Crippen molar-refractivity contribution in [1.29, 1.82) is 5.26 Å². The van der Waals surface area contributed by atoms with E-state index in [4.69, 9.17) is 5.73 Å². The smallest absolute Gasteiger partial charge is 0.262 e. The van der Waals surface area contributed by atoms with E-state index in [1.54, 1.807) is 24.3 Å². The van der Waals surface area contributed by atoms with Crippen LogP contribution in [0.3, 0.4) is 0 Å². The first-order valence-corrected chi connectivity index (χ1v) is 10.3. The van der Waals surface area contributed by atoms with Crippen molar-refractivity contribution in [3.8, 4) is 6.07 Å². The van der Waals surface area contributed by atoms with Crippen LogP contribution in [0.5, 0.6) is 0 Å². The molecule has 0 aliphatic carbocycles. The summed E-state index contributed by atoms with van der Waals surface area (Å²) in [6, 6.07) is 16.6. The summed E-state index contributed by atoms with van der Waals surface area (Å²) in [5.41, 5.74) is 6.71. The highest BCUT2D eigenvalue weighted by Gasteiger charge is 2.40. The molecule has 136 valence electrons. The maximum atomic E-state index is 13.1. The van der Waals surface area contributed by atoms with Gasteiger partial charge in [-0.15, -0.1) is 0 Å². The van der Waals surface area contributed by atoms with Crippen LogP contribution in [-0.4, -0.2) is 17.1 Å². The van der Waals surface area contributed by atoms with Gasteiger partial charge in [0.2, 0.25) is 5.91 Å². The summed E-state index contributed by atoms with van der Waals surface area (Å²) in [5.74, 6) is -1.04. The van der Waals surface area contributed by atoms with Crippen molar-refractivity contribution >= 4 is 61.1 Å². The predicted molar refractivity (Wildman–Crippen MR) is 113 cm³/mol. The van der Waals surface area contributed by atoms with E-state index in [0.29, 0.717) is 12.1 Å². The highest BCUT2D eigenvalue weighted by atomic mass is 79.9. The van der Waals surface area contributed by atoms with Crippen molar-refractivity contribution in [3.05, 3.63) is 73.6 Å². The van der Waals surface area contributed by atoms with Crippen LogP contribution < -0.4 is 10.6 Å². The van der Waals surface area contributed by atoms with E-state index < -0.39 is 11.2 Å². The van der Waals surface area contributed by atoms with Gasteiger partial charge in [-0.05, 0) is 48.4 Å². The molecule has 2 amide bonds. The summed E-state index contributed by atoms with van der Waals surface area (Å²) in [7, 11) is 0. The van der Waals surface area contributed by atoms with E-state index in [2.05, 4.69) is 31.9 Å². The van der Waals surface area contributed by atoms with E-state index >= 15 is 0 Å². The van der Waals surface area contributed by atoms with Crippen molar-refractivity contribution in [2.24, 2.45) is 5.73 Å². The Hall–Kier alpha value is -2.08. The van der Waals surface area contributed by atoms with Gasteiger partial charge in [-0.2, -0.15) is 5.26 Å². The number of hydrogen-bond acceptors (Lipinski definition) is 4. The van der Waals surface area contributed by atoms with Crippen molar-refractivity contribution in [2.45, 2.75) is 11.7 Å². The molecule has 1 aliphatic heterocycles. The molecule has 27 heavy (non-hydrogen) atoms. The Bertz CT molecular complexity index is 983. The first-order valence-electron chi connectivity index (χ1n) is 7.85.